The average Bonchev–Trinajstić information content (AvgIpc) is 2.30. The summed E-state index contributed by atoms with van der Waals surface area (Å²) in [5, 5.41) is 3.05. The molecule has 0 atom stereocenters. The third-order valence-corrected chi connectivity index (χ3v) is 3.40. The Labute approximate surface area is 111 Å². The number of unbranched alkanes of at least 4 members (excludes halogenated alkanes) is 1. The molecule has 0 radical (unpaired) electrons. The second kappa shape index (κ2) is 6.03. The van der Waals surface area contributed by atoms with E-state index in [9.17, 15) is 4.79 Å². The Morgan fingerprint density at radius 3 is 2.50 bits per heavy atom. The van der Waals surface area contributed by atoms with Gasteiger partial charge in [0.25, 0.3) is 0 Å². The van der Waals surface area contributed by atoms with E-state index in [4.69, 9.17) is 0 Å². The fourth-order valence-electron chi connectivity index (χ4n) is 1.98. The molecule has 18 heavy (non-hydrogen) atoms. The van der Waals surface area contributed by atoms with Gasteiger partial charge in [-0.1, -0.05) is 51.3 Å². The molecule has 1 amide bonds. The number of anilines is 1. The van der Waals surface area contributed by atoms with Crippen molar-refractivity contribution in [3.8, 4) is 0 Å². The highest BCUT2D eigenvalue weighted by Gasteiger charge is 2.27. The van der Waals surface area contributed by atoms with Crippen LogP contribution in [-0.4, -0.2) is 5.91 Å². The van der Waals surface area contributed by atoms with Crippen molar-refractivity contribution in [3.63, 3.8) is 0 Å². The van der Waals surface area contributed by atoms with Crippen LogP contribution in [0.3, 0.4) is 0 Å². The summed E-state index contributed by atoms with van der Waals surface area (Å²) >= 11 is 0. The standard InChI is InChI=1S/C16H25NO/c1-6-7-10-16(4,5)15(18)17-14-9-8-12(2)11-13(14)3/h8-9,11H,6-7,10H2,1-5H3,(H,17,18). The molecule has 0 saturated carbocycles. The van der Waals surface area contributed by atoms with E-state index in [0.29, 0.717) is 0 Å². The first-order valence-corrected chi connectivity index (χ1v) is 6.75. The third-order valence-electron chi connectivity index (χ3n) is 3.40. The maximum atomic E-state index is 12.3. The number of aryl methyl sites for hydroxylation is 2. The number of benzene rings is 1. The number of carbonyl (C=O) groups excluding carboxylic acids is 1. The van der Waals surface area contributed by atoms with Crippen LogP contribution in [0, 0.1) is 19.3 Å². The Morgan fingerprint density at radius 1 is 1.28 bits per heavy atom. The second-order valence-electron chi connectivity index (χ2n) is 5.76. The van der Waals surface area contributed by atoms with Gasteiger partial charge in [-0.2, -0.15) is 0 Å². The van der Waals surface area contributed by atoms with Gasteiger partial charge in [0.2, 0.25) is 5.91 Å². The number of hydrogen-bond acceptors (Lipinski definition) is 1. The first kappa shape index (κ1) is 14.7. The van der Waals surface area contributed by atoms with Crippen molar-refractivity contribution in [3.05, 3.63) is 29.3 Å². The van der Waals surface area contributed by atoms with Crippen LogP contribution in [0.5, 0.6) is 0 Å². The molecule has 0 bridgehead atoms. The first-order chi connectivity index (χ1) is 8.36. The van der Waals surface area contributed by atoms with Crippen molar-refractivity contribution in [1.29, 1.82) is 0 Å². The molecule has 0 fully saturated rings. The summed E-state index contributed by atoms with van der Waals surface area (Å²) < 4.78 is 0. The van der Waals surface area contributed by atoms with Crippen LogP contribution in [0.4, 0.5) is 5.69 Å². The van der Waals surface area contributed by atoms with Gasteiger partial charge in [0.1, 0.15) is 0 Å². The molecule has 0 aliphatic rings. The van der Waals surface area contributed by atoms with Gasteiger partial charge in [0, 0.05) is 11.1 Å². The molecular weight excluding hydrogens is 222 g/mol. The second-order valence-corrected chi connectivity index (χ2v) is 5.76. The highest BCUT2D eigenvalue weighted by Crippen LogP contribution is 2.26. The maximum Gasteiger partial charge on any atom is 0.230 e. The molecule has 0 unspecified atom stereocenters. The average molecular weight is 247 g/mol. The van der Waals surface area contributed by atoms with Crippen molar-refractivity contribution >= 4 is 11.6 Å². The van der Waals surface area contributed by atoms with E-state index >= 15 is 0 Å². The van der Waals surface area contributed by atoms with E-state index in [1.54, 1.807) is 0 Å². The lowest BCUT2D eigenvalue weighted by molar-refractivity contribution is -0.124. The number of nitrogens with one attached hydrogen (secondary N) is 1. The summed E-state index contributed by atoms with van der Waals surface area (Å²) in [4.78, 5) is 12.3. The molecule has 2 nitrogen and oxygen atoms in total. The van der Waals surface area contributed by atoms with Crippen molar-refractivity contribution in [2.75, 3.05) is 5.32 Å². The fourth-order valence-corrected chi connectivity index (χ4v) is 1.98. The molecule has 2 heteroatoms. The van der Waals surface area contributed by atoms with Gasteiger partial charge in [0.05, 0.1) is 0 Å². The zero-order valence-corrected chi connectivity index (χ0v) is 12.3. The van der Waals surface area contributed by atoms with Crippen LogP contribution in [0.1, 0.15) is 51.2 Å². The van der Waals surface area contributed by atoms with Crippen LogP contribution >= 0.6 is 0 Å². The number of amides is 1. The highest BCUT2D eigenvalue weighted by molar-refractivity contribution is 5.95. The van der Waals surface area contributed by atoms with E-state index in [1.807, 2.05) is 32.9 Å². The van der Waals surface area contributed by atoms with Gasteiger partial charge in [-0.25, -0.2) is 0 Å². The molecule has 100 valence electrons. The quantitative estimate of drug-likeness (QED) is 0.817. The lowest BCUT2D eigenvalue weighted by Gasteiger charge is -2.24. The lowest BCUT2D eigenvalue weighted by Crippen LogP contribution is -2.30. The summed E-state index contributed by atoms with van der Waals surface area (Å²) in [7, 11) is 0. The Hall–Kier alpha value is -1.31. The number of hydrogen-bond donors (Lipinski definition) is 1. The van der Waals surface area contributed by atoms with E-state index in [2.05, 4.69) is 25.2 Å². The molecular formula is C16H25NO. The summed E-state index contributed by atoms with van der Waals surface area (Å²) in [6.45, 7) is 10.3. The van der Waals surface area contributed by atoms with E-state index in [0.717, 1.165) is 30.5 Å². The highest BCUT2D eigenvalue weighted by atomic mass is 16.2. The predicted molar refractivity (Wildman–Crippen MR) is 77.9 cm³/mol. The van der Waals surface area contributed by atoms with Gasteiger partial charge in [-0.15, -0.1) is 0 Å². The molecule has 1 N–H and O–H groups in total. The van der Waals surface area contributed by atoms with E-state index < -0.39 is 0 Å². The van der Waals surface area contributed by atoms with E-state index in [-0.39, 0.29) is 11.3 Å². The van der Waals surface area contributed by atoms with Gasteiger partial charge >= 0.3 is 0 Å². The van der Waals surface area contributed by atoms with Crippen LogP contribution in [-0.2, 0) is 4.79 Å². The predicted octanol–water partition coefficient (Wildman–Crippen LogP) is 4.46. The molecule has 1 rings (SSSR count). The molecule has 0 spiro atoms. The largest absolute Gasteiger partial charge is 0.325 e. The minimum absolute atomic E-state index is 0.114. The van der Waals surface area contributed by atoms with Crippen molar-refractivity contribution in [2.24, 2.45) is 5.41 Å². The van der Waals surface area contributed by atoms with Crippen LogP contribution in [0.15, 0.2) is 18.2 Å². The van der Waals surface area contributed by atoms with Crippen LogP contribution < -0.4 is 5.32 Å². The zero-order valence-electron chi connectivity index (χ0n) is 12.3. The third kappa shape index (κ3) is 3.86. The molecule has 1 aromatic rings. The molecule has 0 aliphatic heterocycles. The maximum absolute atomic E-state index is 12.3. The van der Waals surface area contributed by atoms with Gasteiger partial charge in [-0.3, -0.25) is 4.79 Å². The van der Waals surface area contributed by atoms with Crippen molar-refractivity contribution in [1.82, 2.24) is 0 Å². The minimum atomic E-state index is -0.298. The number of carbonyl (C=O) groups is 1. The zero-order chi connectivity index (χ0) is 13.8. The Kier molecular flexibility index (Phi) is 4.94. The first-order valence-electron chi connectivity index (χ1n) is 6.75. The summed E-state index contributed by atoms with van der Waals surface area (Å²) in [6, 6.07) is 6.11. The Balaban J connectivity index is 2.74. The van der Waals surface area contributed by atoms with E-state index in [1.165, 1.54) is 5.56 Å². The van der Waals surface area contributed by atoms with Gasteiger partial charge < -0.3 is 5.32 Å². The summed E-state index contributed by atoms with van der Waals surface area (Å²) in [5.41, 5.74) is 2.97. The van der Waals surface area contributed by atoms with Crippen molar-refractivity contribution in [2.45, 2.75) is 53.9 Å². The molecule has 0 saturated heterocycles. The van der Waals surface area contributed by atoms with Crippen LogP contribution in [0.2, 0.25) is 0 Å². The lowest BCUT2D eigenvalue weighted by atomic mass is 9.86. The van der Waals surface area contributed by atoms with Gasteiger partial charge in [-0.05, 0) is 31.9 Å². The smallest absolute Gasteiger partial charge is 0.230 e. The SMILES string of the molecule is CCCCC(C)(C)C(=O)Nc1ccc(C)cc1C. The topological polar surface area (TPSA) is 29.1 Å². The molecule has 0 aromatic heterocycles. The summed E-state index contributed by atoms with van der Waals surface area (Å²) in [6.07, 6.45) is 3.15. The Morgan fingerprint density at radius 2 is 1.94 bits per heavy atom. The monoisotopic (exact) mass is 247 g/mol. The molecule has 1 aromatic carbocycles. The minimum Gasteiger partial charge on any atom is -0.325 e. The fraction of sp³-hybridized carbons (Fsp3) is 0.562. The van der Waals surface area contributed by atoms with Crippen molar-refractivity contribution < 1.29 is 4.79 Å². The summed E-state index contributed by atoms with van der Waals surface area (Å²) in [5.74, 6) is 0.114. The number of rotatable bonds is 5. The van der Waals surface area contributed by atoms with Crippen LogP contribution in [0.25, 0.3) is 0 Å². The molecule has 0 heterocycles. The molecule has 0 aliphatic carbocycles. The normalized spacial score (nSPS) is 11.4. The Bertz CT molecular complexity index is 421. The van der Waals surface area contributed by atoms with Gasteiger partial charge in [0.15, 0.2) is 0 Å².